The lowest BCUT2D eigenvalue weighted by Crippen LogP contribution is -2.27. The zero-order valence-electron chi connectivity index (χ0n) is 4.96. The van der Waals surface area contributed by atoms with Crippen molar-refractivity contribution in [2.45, 2.75) is 5.50 Å². The first kappa shape index (κ1) is 10.2. The van der Waals surface area contributed by atoms with Gasteiger partial charge in [-0.05, 0) is 0 Å². The Morgan fingerprint density at radius 2 is 2.00 bits per heavy atom. The third kappa shape index (κ3) is 2.37. The zero-order chi connectivity index (χ0) is 9.07. The average molecular weight is 192 g/mol. The molecule has 0 rings (SSSR count). The monoisotopic (exact) mass is 192 g/mol. The van der Waals surface area contributed by atoms with E-state index in [-0.39, 0.29) is 0 Å². The molecule has 0 amide bonds. The summed E-state index contributed by atoms with van der Waals surface area (Å²) < 4.78 is 54.4. The van der Waals surface area contributed by atoms with Crippen LogP contribution in [0.3, 0.4) is 0 Å². The van der Waals surface area contributed by atoms with E-state index in [4.69, 9.17) is 0 Å². The second kappa shape index (κ2) is 3.56. The molecule has 4 nitrogen and oxygen atoms in total. The summed E-state index contributed by atoms with van der Waals surface area (Å²) in [7, 11) is -4.86. The van der Waals surface area contributed by atoms with Crippen LogP contribution in [0.4, 0.5) is 13.3 Å². The molecule has 66 valence electrons. The highest BCUT2D eigenvalue weighted by molar-refractivity contribution is 7.92. The van der Waals surface area contributed by atoms with E-state index in [0.717, 1.165) is 0 Å². The van der Waals surface area contributed by atoms with Gasteiger partial charge in [-0.1, -0.05) is 0 Å². The molecule has 11 heavy (non-hydrogen) atoms. The van der Waals surface area contributed by atoms with E-state index < -0.39 is 27.3 Å². The van der Waals surface area contributed by atoms with Crippen LogP contribution in [0.5, 0.6) is 0 Å². The summed E-state index contributed by atoms with van der Waals surface area (Å²) in [5.41, 5.74) is -3.29. The predicted octanol–water partition coefficient (Wildman–Crippen LogP) is 0.0515. The Balaban J connectivity index is 4.49. The lowest BCUT2D eigenvalue weighted by Gasteiger charge is -1.99. The molecule has 0 saturated carbocycles. The Labute approximate surface area is 59.8 Å². The van der Waals surface area contributed by atoms with Crippen molar-refractivity contribution in [3.05, 3.63) is 0 Å². The number of hydrogen-bond donors (Lipinski definition) is 0. The summed E-state index contributed by atoms with van der Waals surface area (Å²) >= 11 is 0. The van der Waals surface area contributed by atoms with Crippen LogP contribution in [-0.4, -0.2) is 25.9 Å². The van der Waals surface area contributed by atoms with E-state index >= 15 is 0 Å². The molecule has 0 heterocycles. The van der Waals surface area contributed by atoms with Crippen LogP contribution >= 0.6 is 0 Å². The molecule has 1 atom stereocenters. The van der Waals surface area contributed by atoms with Gasteiger partial charge in [0.05, 0.1) is 0 Å². The van der Waals surface area contributed by atoms with Gasteiger partial charge < -0.3 is 0 Å². The number of rotatable bonds is 3. The normalized spacial score (nSPS) is 14.1. The SMILES string of the molecule is O=C(OF)C(F)S(=O)(=O)CF. The summed E-state index contributed by atoms with van der Waals surface area (Å²) in [6.45, 7) is 0. The third-order valence-corrected chi connectivity index (χ3v) is 1.86. The van der Waals surface area contributed by atoms with Gasteiger partial charge >= 0.3 is 11.5 Å². The molecular formula is C3H3F3O4S. The minimum Gasteiger partial charge on any atom is -0.250 e. The van der Waals surface area contributed by atoms with Crippen LogP contribution in [0.2, 0.25) is 0 Å². The first-order valence-electron chi connectivity index (χ1n) is 2.19. The van der Waals surface area contributed by atoms with Gasteiger partial charge in [0.25, 0.3) is 0 Å². The van der Waals surface area contributed by atoms with Gasteiger partial charge in [-0.3, -0.25) is 4.94 Å². The molecule has 0 N–H and O–H groups in total. The quantitative estimate of drug-likeness (QED) is 0.633. The second-order valence-electron chi connectivity index (χ2n) is 1.48. The fraction of sp³-hybridized carbons (Fsp3) is 0.667. The minimum atomic E-state index is -4.86. The van der Waals surface area contributed by atoms with Gasteiger partial charge in [-0.15, -0.1) is 0 Å². The summed E-state index contributed by atoms with van der Waals surface area (Å²) in [6, 6.07) is -2.08. The topological polar surface area (TPSA) is 60.4 Å². The molecular weight excluding hydrogens is 189 g/mol. The largest absolute Gasteiger partial charge is 0.398 e. The molecule has 0 aliphatic heterocycles. The van der Waals surface area contributed by atoms with Crippen LogP contribution in [0.25, 0.3) is 0 Å². The third-order valence-electron chi connectivity index (χ3n) is 0.729. The summed E-state index contributed by atoms with van der Waals surface area (Å²) in [6.07, 6.45) is 0. The van der Waals surface area contributed by atoms with E-state index in [0.29, 0.717) is 0 Å². The summed E-state index contributed by atoms with van der Waals surface area (Å²) in [5, 5.41) is 0. The predicted molar refractivity (Wildman–Crippen MR) is 27.0 cm³/mol. The summed E-state index contributed by atoms with van der Waals surface area (Å²) in [5.74, 6) is -2.28. The second-order valence-corrected chi connectivity index (χ2v) is 3.44. The smallest absolute Gasteiger partial charge is 0.250 e. The van der Waals surface area contributed by atoms with E-state index in [1.165, 1.54) is 0 Å². The molecule has 0 fully saturated rings. The van der Waals surface area contributed by atoms with E-state index in [1.807, 2.05) is 0 Å². The molecule has 8 heteroatoms. The highest BCUT2D eigenvalue weighted by atomic mass is 32.2. The van der Waals surface area contributed by atoms with Crippen molar-refractivity contribution in [2.24, 2.45) is 0 Å². The van der Waals surface area contributed by atoms with Crippen LogP contribution in [-0.2, 0) is 19.6 Å². The van der Waals surface area contributed by atoms with Crippen molar-refractivity contribution in [3.8, 4) is 0 Å². The Morgan fingerprint density at radius 3 is 2.27 bits per heavy atom. The van der Waals surface area contributed by atoms with Crippen molar-refractivity contribution in [2.75, 3.05) is 6.01 Å². The molecule has 0 aliphatic rings. The van der Waals surface area contributed by atoms with Gasteiger partial charge in [-0.25, -0.2) is 22.0 Å². The van der Waals surface area contributed by atoms with Gasteiger partial charge in [0.2, 0.25) is 9.84 Å². The minimum absolute atomic E-state index is 2.08. The summed E-state index contributed by atoms with van der Waals surface area (Å²) in [4.78, 5) is 12.0. The Kier molecular flexibility index (Phi) is 3.30. The lowest BCUT2D eigenvalue weighted by atomic mass is 10.8. The van der Waals surface area contributed by atoms with Gasteiger partial charge in [0.1, 0.15) is 0 Å². The number of sulfone groups is 1. The number of hydrogen-bond acceptors (Lipinski definition) is 4. The molecule has 0 aromatic heterocycles. The van der Waals surface area contributed by atoms with Gasteiger partial charge in [0.15, 0.2) is 6.01 Å². The lowest BCUT2D eigenvalue weighted by molar-refractivity contribution is -0.186. The van der Waals surface area contributed by atoms with E-state index in [9.17, 15) is 26.5 Å². The molecule has 0 aromatic rings. The highest BCUT2D eigenvalue weighted by Crippen LogP contribution is 2.06. The van der Waals surface area contributed by atoms with Crippen molar-refractivity contribution < 1.29 is 31.5 Å². The van der Waals surface area contributed by atoms with Crippen LogP contribution in [0.15, 0.2) is 0 Å². The number of alkyl halides is 2. The van der Waals surface area contributed by atoms with Gasteiger partial charge in [0, 0.05) is 4.53 Å². The average Bonchev–Trinajstić information content (AvgIpc) is 2.01. The Bertz CT molecular complexity index is 235. The molecule has 0 aromatic carbocycles. The molecule has 0 bridgehead atoms. The standard InChI is InChI=1S/C3H3F3O4S/c4-1-11(8,9)2(5)3(7)10-6/h2H,1H2. The van der Waals surface area contributed by atoms with E-state index in [2.05, 4.69) is 4.94 Å². The van der Waals surface area contributed by atoms with Crippen molar-refractivity contribution >= 4 is 15.8 Å². The van der Waals surface area contributed by atoms with E-state index in [1.54, 1.807) is 0 Å². The molecule has 1 unspecified atom stereocenters. The van der Waals surface area contributed by atoms with Crippen LogP contribution in [0.1, 0.15) is 0 Å². The van der Waals surface area contributed by atoms with Crippen molar-refractivity contribution in [1.82, 2.24) is 0 Å². The number of carbonyl (C=O) groups is 1. The maximum absolute atomic E-state index is 12.0. The van der Waals surface area contributed by atoms with Crippen LogP contribution < -0.4 is 0 Å². The highest BCUT2D eigenvalue weighted by Gasteiger charge is 2.34. The Morgan fingerprint density at radius 1 is 1.55 bits per heavy atom. The first-order chi connectivity index (χ1) is 4.95. The van der Waals surface area contributed by atoms with Gasteiger partial charge in [-0.2, -0.15) is 0 Å². The Hall–Kier alpha value is -0.790. The maximum Gasteiger partial charge on any atom is 0.398 e. The first-order valence-corrected chi connectivity index (χ1v) is 3.91. The molecule has 0 radical (unpaired) electrons. The fourth-order valence-corrected chi connectivity index (χ4v) is 0.677. The maximum atomic E-state index is 12.0. The van der Waals surface area contributed by atoms with Crippen molar-refractivity contribution in [3.63, 3.8) is 0 Å². The molecule has 0 aliphatic carbocycles. The molecule has 0 saturated heterocycles. The zero-order valence-corrected chi connectivity index (χ0v) is 5.78. The fourth-order valence-electron chi connectivity index (χ4n) is 0.237. The molecule has 0 spiro atoms. The van der Waals surface area contributed by atoms with Crippen molar-refractivity contribution in [1.29, 1.82) is 0 Å². The van der Waals surface area contributed by atoms with Crippen LogP contribution in [0, 0.1) is 0 Å². The number of carbonyl (C=O) groups excluding carboxylic acids is 1. The number of halogens is 3.